The van der Waals surface area contributed by atoms with Gasteiger partial charge in [0, 0.05) is 23.9 Å². The van der Waals surface area contributed by atoms with E-state index in [0.717, 1.165) is 16.9 Å². The minimum absolute atomic E-state index is 0.0432. The number of nitrogens with one attached hydrogen (secondary N) is 1. The lowest BCUT2D eigenvalue weighted by Gasteiger charge is -2.24. The van der Waals surface area contributed by atoms with Gasteiger partial charge in [-0.05, 0) is 31.5 Å². The molecule has 0 aliphatic carbocycles. The van der Waals surface area contributed by atoms with Crippen LogP contribution in [0, 0.1) is 0 Å². The van der Waals surface area contributed by atoms with Crippen LogP contribution in [0.15, 0.2) is 30.5 Å². The van der Waals surface area contributed by atoms with Crippen LogP contribution in [0.2, 0.25) is 0 Å². The second kappa shape index (κ2) is 6.35. The molecule has 3 N–H and O–H groups in total. The van der Waals surface area contributed by atoms with Crippen molar-refractivity contribution in [1.29, 1.82) is 0 Å². The van der Waals surface area contributed by atoms with E-state index < -0.39 is 5.91 Å². The van der Waals surface area contributed by atoms with Gasteiger partial charge in [-0.15, -0.1) is 0 Å². The molecule has 1 aromatic heterocycles. The molecule has 0 radical (unpaired) electrons. The van der Waals surface area contributed by atoms with Crippen LogP contribution in [-0.4, -0.2) is 28.2 Å². The molecule has 126 valence electrons. The Morgan fingerprint density at radius 2 is 2.29 bits per heavy atom. The molecule has 2 amide bonds. The van der Waals surface area contributed by atoms with Gasteiger partial charge in [0.05, 0.1) is 6.20 Å². The molecular weight excluding hydrogens is 308 g/mol. The number of carbonyl (C=O) groups excluding carboxylic acids is 2. The van der Waals surface area contributed by atoms with E-state index in [-0.39, 0.29) is 24.5 Å². The van der Waals surface area contributed by atoms with E-state index in [4.69, 9.17) is 10.5 Å². The number of fused-ring (bicyclic) bond motifs is 1. The molecule has 1 aliphatic heterocycles. The molecular formula is C17H20N4O3. The number of rotatable bonds is 5. The van der Waals surface area contributed by atoms with Crippen LogP contribution in [0.4, 0.5) is 5.82 Å². The first-order valence-electron chi connectivity index (χ1n) is 7.84. The zero-order chi connectivity index (χ0) is 17.3. The first kappa shape index (κ1) is 16.0. The Labute approximate surface area is 139 Å². The van der Waals surface area contributed by atoms with E-state index in [1.165, 1.54) is 0 Å². The van der Waals surface area contributed by atoms with Gasteiger partial charge in [-0.1, -0.05) is 12.1 Å². The summed E-state index contributed by atoms with van der Waals surface area (Å²) in [6, 6.07) is 7.52. The maximum absolute atomic E-state index is 12.1. The molecule has 0 saturated heterocycles. The van der Waals surface area contributed by atoms with Crippen molar-refractivity contribution < 1.29 is 14.3 Å². The second-order valence-electron chi connectivity index (χ2n) is 6.12. The maximum atomic E-state index is 12.1. The molecule has 0 bridgehead atoms. The molecule has 2 aromatic rings. The highest BCUT2D eigenvalue weighted by molar-refractivity contribution is 5.94. The van der Waals surface area contributed by atoms with Gasteiger partial charge < -0.3 is 15.8 Å². The fourth-order valence-electron chi connectivity index (χ4n) is 2.90. The van der Waals surface area contributed by atoms with Crippen molar-refractivity contribution in [1.82, 2.24) is 9.78 Å². The predicted molar refractivity (Wildman–Crippen MR) is 88.8 cm³/mol. The number of nitrogens with two attached hydrogens (primary N) is 1. The molecule has 2 heterocycles. The first-order chi connectivity index (χ1) is 11.5. The number of ether oxygens (including phenoxy) is 1. The Kier molecular flexibility index (Phi) is 4.24. The topological polar surface area (TPSA) is 99.2 Å². The van der Waals surface area contributed by atoms with Gasteiger partial charge in [-0.2, -0.15) is 5.10 Å². The zero-order valence-corrected chi connectivity index (χ0v) is 13.7. The van der Waals surface area contributed by atoms with Crippen molar-refractivity contribution in [3.8, 4) is 5.75 Å². The summed E-state index contributed by atoms with van der Waals surface area (Å²) in [7, 11) is 0. The van der Waals surface area contributed by atoms with Crippen molar-refractivity contribution in [2.75, 3.05) is 11.9 Å². The van der Waals surface area contributed by atoms with E-state index in [2.05, 4.69) is 10.4 Å². The van der Waals surface area contributed by atoms with Crippen LogP contribution < -0.4 is 15.8 Å². The van der Waals surface area contributed by atoms with Gasteiger partial charge in [0.2, 0.25) is 5.91 Å². The van der Waals surface area contributed by atoms with Crippen LogP contribution in [0.25, 0.3) is 0 Å². The van der Waals surface area contributed by atoms with Crippen molar-refractivity contribution in [2.24, 2.45) is 5.73 Å². The lowest BCUT2D eigenvalue weighted by Crippen LogP contribution is -2.25. The smallest absolute Gasteiger partial charge is 0.255 e. The highest BCUT2D eigenvalue weighted by Gasteiger charge is 2.30. The highest BCUT2D eigenvalue weighted by Crippen LogP contribution is 2.38. The number of aromatic nitrogens is 2. The van der Waals surface area contributed by atoms with E-state index in [0.29, 0.717) is 12.2 Å². The average molecular weight is 328 g/mol. The van der Waals surface area contributed by atoms with E-state index >= 15 is 0 Å². The van der Waals surface area contributed by atoms with Gasteiger partial charge in [0.15, 0.2) is 6.61 Å². The van der Waals surface area contributed by atoms with Crippen LogP contribution in [0.5, 0.6) is 5.75 Å². The number of amides is 2. The molecule has 3 rings (SSSR count). The van der Waals surface area contributed by atoms with Gasteiger partial charge in [0.25, 0.3) is 5.91 Å². The molecule has 0 fully saturated rings. The summed E-state index contributed by atoms with van der Waals surface area (Å²) < 4.78 is 7.17. The summed E-state index contributed by atoms with van der Waals surface area (Å²) in [5.74, 6) is 0.625. The second-order valence-corrected chi connectivity index (χ2v) is 6.12. The minimum atomic E-state index is -0.530. The molecule has 0 unspecified atom stereocenters. The molecule has 1 aliphatic rings. The molecule has 0 spiro atoms. The summed E-state index contributed by atoms with van der Waals surface area (Å²) in [5.41, 5.74) is 7.03. The summed E-state index contributed by atoms with van der Waals surface area (Å²) in [6.45, 7) is 3.85. The third kappa shape index (κ3) is 3.10. The fourth-order valence-corrected chi connectivity index (χ4v) is 2.90. The summed E-state index contributed by atoms with van der Waals surface area (Å²) in [6.07, 6.45) is 2.15. The van der Waals surface area contributed by atoms with Crippen LogP contribution in [0.3, 0.4) is 0 Å². The number of nitrogens with zero attached hydrogens (tertiary/aromatic N) is 2. The predicted octanol–water partition coefficient (Wildman–Crippen LogP) is 1.80. The Hall–Kier alpha value is -2.83. The molecule has 7 nitrogen and oxygen atoms in total. The van der Waals surface area contributed by atoms with Gasteiger partial charge in [-0.3, -0.25) is 9.59 Å². The zero-order valence-electron chi connectivity index (χ0n) is 13.7. The molecule has 0 saturated carbocycles. The maximum Gasteiger partial charge on any atom is 0.255 e. The third-order valence-corrected chi connectivity index (χ3v) is 3.98. The van der Waals surface area contributed by atoms with Crippen LogP contribution in [0.1, 0.15) is 43.4 Å². The fraction of sp³-hybridized carbons (Fsp3) is 0.353. The summed E-state index contributed by atoms with van der Waals surface area (Å²) in [5, 5.41) is 7.31. The number of anilines is 1. The van der Waals surface area contributed by atoms with E-state index in [9.17, 15) is 9.59 Å². The monoisotopic (exact) mass is 328 g/mol. The first-order valence-corrected chi connectivity index (χ1v) is 7.84. The number of carbonyl (C=O) groups is 2. The largest absolute Gasteiger partial charge is 0.484 e. The lowest BCUT2D eigenvalue weighted by atomic mass is 9.87. The average Bonchev–Trinajstić information content (AvgIpc) is 2.96. The van der Waals surface area contributed by atoms with Crippen LogP contribution in [-0.2, 0) is 9.59 Å². The highest BCUT2D eigenvalue weighted by atomic mass is 16.5. The minimum Gasteiger partial charge on any atom is -0.484 e. The van der Waals surface area contributed by atoms with Gasteiger partial charge in [-0.25, -0.2) is 4.68 Å². The Bertz CT molecular complexity index is 782. The summed E-state index contributed by atoms with van der Waals surface area (Å²) >= 11 is 0. The van der Waals surface area contributed by atoms with Gasteiger partial charge >= 0.3 is 0 Å². The number of hydrogen-bond acceptors (Lipinski definition) is 4. The van der Waals surface area contributed by atoms with Crippen LogP contribution >= 0.6 is 0 Å². The van der Waals surface area contributed by atoms with E-state index in [1.54, 1.807) is 12.3 Å². The van der Waals surface area contributed by atoms with Gasteiger partial charge in [0.1, 0.15) is 11.6 Å². The molecule has 1 atom stereocenters. The Morgan fingerprint density at radius 1 is 1.50 bits per heavy atom. The Morgan fingerprint density at radius 3 is 3.00 bits per heavy atom. The van der Waals surface area contributed by atoms with Crippen molar-refractivity contribution in [3.63, 3.8) is 0 Å². The quantitative estimate of drug-likeness (QED) is 0.874. The molecule has 7 heteroatoms. The number of hydrogen-bond donors (Lipinski definition) is 2. The SMILES string of the molecule is CC(C)n1ncc2c1NC(=O)C[C@H]2c1cccc(OCC(N)=O)c1. The molecule has 1 aromatic carbocycles. The number of primary amides is 1. The Balaban J connectivity index is 1.94. The van der Waals surface area contributed by atoms with E-state index in [1.807, 2.05) is 36.7 Å². The van der Waals surface area contributed by atoms with Crippen molar-refractivity contribution in [2.45, 2.75) is 32.2 Å². The lowest BCUT2D eigenvalue weighted by molar-refractivity contribution is -0.120. The number of benzene rings is 1. The van der Waals surface area contributed by atoms with Crippen molar-refractivity contribution >= 4 is 17.6 Å². The normalized spacial score (nSPS) is 16.6. The third-order valence-electron chi connectivity index (χ3n) is 3.98. The summed E-state index contributed by atoms with van der Waals surface area (Å²) in [4.78, 5) is 23.0. The molecule has 24 heavy (non-hydrogen) atoms. The standard InChI is InChI=1S/C17H20N4O3/c1-10(2)21-17-14(8-19-21)13(7-16(23)20-17)11-4-3-5-12(6-11)24-9-15(18)22/h3-6,8,10,13H,7,9H2,1-2H3,(H2,18,22)(H,20,23)/t13-/m0/s1. The van der Waals surface area contributed by atoms with Crippen molar-refractivity contribution in [3.05, 3.63) is 41.6 Å².